The van der Waals surface area contributed by atoms with E-state index in [1.54, 1.807) is 31.2 Å². The SMILES string of the molecule is COc1ccc(-c2nc(-c3ccc(O)c(OC)c3)c(-c3oc(C)cc(=O)c3O)[nH]2)cc1O. The van der Waals surface area contributed by atoms with Crippen LogP contribution >= 0.6 is 0 Å². The zero-order chi connectivity index (χ0) is 23.0. The van der Waals surface area contributed by atoms with E-state index in [0.29, 0.717) is 34.2 Å². The highest BCUT2D eigenvalue weighted by atomic mass is 16.5. The molecule has 0 aliphatic carbocycles. The smallest absolute Gasteiger partial charge is 0.227 e. The van der Waals surface area contributed by atoms with Crippen LogP contribution in [0, 0.1) is 6.92 Å². The van der Waals surface area contributed by atoms with Gasteiger partial charge in [0, 0.05) is 17.2 Å². The van der Waals surface area contributed by atoms with Crippen LogP contribution in [0.4, 0.5) is 0 Å². The highest BCUT2D eigenvalue weighted by Crippen LogP contribution is 2.40. The minimum Gasteiger partial charge on any atom is -0.504 e. The number of aryl methyl sites for hydroxylation is 1. The topological polar surface area (TPSA) is 138 Å². The number of methoxy groups -OCH3 is 2. The molecule has 0 radical (unpaired) electrons. The molecule has 2 heterocycles. The summed E-state index contributed by atoms with van der Waals surface area (Å²) in [4.78, 5) is 19.9. The zero-order valence-corrected chi connectivity index (χ0v) is 17.5. The van der Waals surface area contributed by atoms with E-state index in [0.717, 1.165) is 0 Å². The number of imidazole rings is 1. The maximum absolute atomic E-state index is 12.2. The Morgan fingerprint density at radius 2 is 1.62 bits per heavy atom. The molecule has 4 aromatic rings. The van der Waals surface area contributed by atoms with Gasteiger partial charge in [-0.25, -0.2) is 4.98 Å². The Kier molecular flexibility index (Phi) is 5.23. The Labute approximate surface area is 182 Å². The van der Waals surface area contributed by atoms with E-state index in [1.165, 1.54) is 32.4 Å². The zero-order valence-electron chi connectivity index (χ0n) is 17.5. The minimum absolute atomic E-state index is 0.0569. The number of phenols is 2. The molecular formula is C23H20N2O7. The molecule has 4 rings (SSSR count). The first-order chi connectivity index (χ1) is 15.3. The van der Waals surface area contributed by atoms with Crippen molar-refractivity contribution in [3.05, 3.63) is 58.4 Å². The summed E-state index contributed by atoms with van der Waals surface area (Å²) < 4.78 is 15.9. The lowest BCUT2D eigenvalue weighted by molar-refractivity contribution is 0.373. The van der Waals surface area contributed by atoms with E-state index in [1.807, 2.05) is 0 Å². The van der Waals surface area contributed by atoms with Crippen molar-refractivity contribution in [2.24, 2.45) is 0 Å². The van der Waals surface area contributed by atoms with Gasteiger partial charge in [0.25, 0.3) is 0 Å². The van der Waals surface area contributed by atoms with Gasteiger partial charge >= 0.3 is 0 Å². The van der Waals surface area contributed by atoms with E-state index in [4.69, 9.17) is 13.9 Å². The number of phenolic OH excluding ortho intramolecular Hbond substituents is 2. The van der Waals surface area contributed by atoms with Gasteiger partial charge in [-0.15, -0.1) is 0 Å². The highest BCUT2D eigenvalue weighted by molar-refractivity contribution is 5.82. The van der Waals surface area contributed by atoms with Crippen LogP contribution in [0.2, 0.25) is 0 Å². The second kappa shape index (κ2) is 8.03. The summed E-state index contributed by atoms with van der Waals surface area (Å²) in [6, 6.07) is 10.5. The summed E-state index contributed by atoms with van der Waals surface area (Å²) in [5.41, 5.74) is 1.02. The van der Waals surface area contributed by atoms with Crippen LogP contribution in [0.1, 0.15) is 5.76 Å². The predicted molar refractivity (Wildman–Crippen MR) is 116 cm³/mol. The highest BCUT2D eigenvalue weighted by Gasteiger charge is 2.23. The van der Waals surface area contributed by atoms with Crippen molar-refractivity contribution in [3.63, 3.8) is 0 Å². The number of rotatable bonds is 5. The first-order valence-corrected chi connectivity index (χ1v) is 9.51. The molecule has 0 saturated heterocycles. The molecule has 0 fully saturated rings. The third-order valence-electron chi connectivity index (χ3n) is 4.88. The largest absolute Gasteiger partial charge is 0.504 e. The van der Waals surface area contributed by atoms with E-state index in [2.05, 4.69) is 9.97 Å². The number of hydrogen-bond acceptors (Lipinski definition) is 8. The van der Waals surface area contributed by atoms with Crippen molar-refractivity contribution < 1.29 is 29.2 Å². The van der Waals surface area contributed by atoms with Gasteiger partial charge in [0.05, 0.1) is 14.2 Å². The standard InChI is InChI=1S/C23H20N2O7/c1-11-8-16(28)21(29)22(32-11)20-19(12-4-6-14(26)18(10-12)31-3)24-23(25-20)13-5-7-17(30-2)15(27)9-13/h4-10,26-27,29H,1-3H3,(H,24,25). The normalized spacial score (nSPS) is 10.8. The van der Waals surface area contributed by atoms with Crippen molar-refractivity contribution in [3.8, 4) is 62.8 Å². The molecule has 32 heavy (non-hydrogen) atoms. The summed E-state index contributed by atoms with van der Waals surface area (Å²) in [6.07, 6.45) is 0. The summed E-state index contributed by atoms with van der Waals surface area (Å²) in [5, 5.41) is 30.5. The van der Waals surface area contributed by atoms with E-state index in [9.17, 15) is 20.1 Å². The molecule has 9 nitrogen and oxygen atoms in total. The Hall–Kier alpha value is -4.40. The number of nitrogens with one attached hydrogen (secondary N) is 1. The average molecular weight is 436 g/mol. The third kappa shape index (κ3) is 3.60. The molecule has 0 bridgehead atoms. The van der Waals surface area contributed by atoms with Gasteiger partial charge in [-0.2, -0.15) is 0 Å². The van der Waals surface area contributed by atoms with Gasteiger partial charge in [0.15, 0.2) is 28.8 Å². The second-order valence-corrected chi connectivity index (χ2v) is 6.98. The van der Waals surface area contributed by atoms with Crippen LogP contribution in [0.25, 0.3) is 34.1 Å². The Bertz CT molecular complexity index is 1370. The van der Waals surface area contributed by atoms with Crippen LogP contribution in [0.15, 0.2) is 51.7 Å². The average Bonchev–Trinajstić information content (AvgIpc) is 3.21. The number of H-pyrrole nitrogens is 1. The summed E-state index contributed by atoms with van der Waals surface area (Å²) in [7, 11) is 2.86. The molecule has 4 N–H and O–H groups in total. The van der Waals surface area contributed by atoms with Gasteiger partial charge in [-0.05, 0) is 43.3 Å². The first kappa shape index (κ1) is 20.9. The molecule has 0 saturated carbocycles. The van der Waals surface area contributed by atoms with Crippen molar-refractivity contribution >= 4 is 0 Å². The number of benzene rings is 2. The van der Waals surface area contributed by atoms with Gasteiger partial charge in [0.2, 0.25) is 11.2 Å². The second-order valence-electron chi connectivity index (χ2n) is 6.98. The monoisotopic (exact) mass is 436 g/mol. The van der Waals surface area contributed by atoms with E-state index in [-0.39, 0.29) is 28.7 Å². The van der Waals surface area contributed by atoms with E-state index >= 15 is 0 Å². The number of aromatic nitrogens is 2. The number of nitrogens with zero attached hydrogens (tertiary/aromatic N) is 1. The third-order valence-corrected chi connectivity index (χ3v) is 4.88. The fourth-order valence-electron chi connectivity index (χ4n) is 3.32. The predicted octanol–water partition coefficient (Wildman–Crippen LogP) is 3.81. The molecular weight excluding hydrogens is 416 g/mol. The van der Waals surface area contributed by atoms with Gasteiger partial charge < -0.3 is 34.2 Å². The van der Waals surface area contributed by atoms with Crippen molar-refractivity contribution in [2.45, 2.75) is 6.92 Å². The van der Waals surface area contributed by atoms with Crippen molar-refractivity contribution in [1.29, 1.82) is 0 Å². The summed E-state index contributed by atoms with van der Waals surface area (Å²) >= 11 is 0. The van der Waals surface area contributed by atoms with E-state index < -0.39 is 11.2 Å². The summed E-state index contributed by atoms with van der Waals surface area (Å²) in [5.74, 6) is 0.350. The molecule has 0 atom stereocenters. The van der Waals surface area contributed by atoms with Crippen molar-refractivity contribution in [1.82, 2.24) is 9.97 Å². The Morgan fingerprint density at radius 1 is 0.906 bits per heavy atom. The Balaban J connectivity index is 1.98. The molecule has 0 amide bonds. The van der Waals surface area contributed by atoms with Gasteiger partial charge in [0.1, 0.15) is 23.0 Å². The van der Waals surface area contributed by atoms with Gasteiger partial charge in [-0.1, -0.05) is 0 Å². The lowest BCUT2D eigenvalue weighted by Gasteiger charge is -2.08. The molecule has 2 aromatic heterocycles. The summed E-state index contributed by atoms with van der Waals surface area (Å²) in [6.45, 7) is 1.59. The molecule has 0 spiro atoms. The molecule has 2 aromatic carbocycles. The number of ether oxygens (including phenoxy) is 2. The molecule has 0 unspecified atom stereocenters. The maximum Gasteiger partial charge on any atom is 0.227 e. The quantitative estimate of drug-likeness (QED) is 0.371. The first-order valence-electron chi connectivity index (χ1n) is 9.51. The van der Waals surface area contributed by atoms with Crippen molar-refractivity contribution in [2.75, 3.05) is 14.2 Å². The molecule has 164 valence electrons. The van der Waals surface area contributed by atoms with Crippen LogP contribution < -0.4 is 14.9 Å². The maximum atomic E-state index is 12.2. The molecule has 9 heteroatoms. The number of aromatic amines is 1. The fourth-order valence-corrected chi connectivity index (χ4v) is 3.32. The van der Waals surface area contributed by atoms with Crippen LogP contribution in [0.3, 0.4) is 0 Å². The molecule has 0 aliphatic rings. The number of aromatic hydroxyl groups is 3. The fraction of sp³-hybridized carbons (Fsp3) is 0.130. The minimum atomic E-state index is -0.601. The lowest BCUT2D eigenvalue weighted by Crippen LogP contribution is -2.01. The lowest BCUT2D eigenvalue weighted by atomic mass is 10.1. The van der Waals surface area contributed by atoms with Crippen LogP contribution in [-0.2, 0) is 0 Å². The molecule has 0 aliphatic heterocycles. The number of hydrogen-bond donors (Lipinski definition) is 4. The van der Waals surface area contributed by atoms with Crippen LogP contribution in [-0.4, -0.2) is 39.5 Å². The van der Waals surface area contributed by atoms with Crippen LogP contribution in [0.5, 0.6) is 28.7 Å². The van der Waals surface area contributed by atoms with Gasteiger partial charge in [-0.3, -0.25) is 4.79 Å². The Morgan fingerprint density at radius 3 is 2.31 bits per heavy atom.